The van der Waals surface area contributed by atoms with Gasteiger partial charge < -0.3 is 14.2 Å². The predicted molar refractivity (Wildman–Crippen MR) is 127 cm³/mol. The SMILES string of the molecule is CC(=O)N1CCN(C(=O)c2ccc(CN(Cc3ccccc3)Cc3ccc(C)cc3)o2)CC1. The number of rotatable bonds is 7. The zero-order chi connectivity index (χ0) is 23.2. The molecule has 33 heavy (non-hydrogen) atoms. The number of piperazine rings is 1. The fourth-order valence-electron chi connectivity index (χ4n) is 4.14. The number of benzene rings is 2. The molecule has 6 heteroatoms. The lowest BCUT2D eigenvalue weighted by molar-refractivity contribution is -0.130. The van der Waals surface area contributed by atoms with Crippen LogP contribution in [0, 0.1) is 6.92 Å². The average molecular weight is 446 g/mol. The van der Waals surface area contributed by atoms with Gasteiger partial charge in [0.1, 0.15) is 5.76 Å². The van der Waals surface area contributed by atoms with Crippen molar-refractivity contribution in [1.82, 2.24) is 14.7 Å². The van der Waals surface area contributed by atoms with E-state index in [0.29, 0.717) is 38.5 Å². The van der Waals surface area contributed by atoms with Crippen LogP contribution in [0.25, 0.3) is 0 Å². The van der Waals surface area contributed by atoms with Crippen LogP contribution in [0.1, 0.15) is 39.9 Å². The molecule has 0 atom stereocenters. The summed E-state index contributed by atoms with van der Waals surface area (Å²) in [6, 6.07) is 22.6. The summed E-state index contributed by atoms with van der Waals surface area (Å²) in [6.07, 6.45) is 0. The van der Waals surface area contributed by atoms with Crippen molar-refractivity contribution in [2.45, 2.75) is 33.5 Å². The van der Waals surface area contributed by atoms with Gasteiger partial charge in [0.15, 0.2) is 5.76 Å². The molecule has 4 rings (SSSR count). The summed E-state index contributed by atoms with van der Waals surface area (Å²) in [6.45, 7) is 8.02. The molecule has 1 saturated heterocycles. The van der Waals surface area contributed by atoms with E-state index in [0.717, 1.165) is 18.8 Å². The van der Waals surface area contributed by atoms with Crippen molar-refractivity contribution in [2.75, 3.05) is 26.2 Å². The topological polar surface area (TPSA) is 57.0 Å². The molecule has 3 aromatic rings. The van der Waals surface area contributed by atoms with Crippen LogP contribution < -0.4 is 0 Å². The van der Waals surface area contributed by atoms with Gasteiger partial charge in [-0.25, -0.2) is 0 Å². The van der Waals surface area contributed by atoms with Crippen LogP contribution in [0.4, 0.5) is 0 Å². The van der Waals surface area contributed by atoms with Gasteiger partial charge in [0.25, 0.3) is 5.91 Å². The number of carbonyl (C=O) groups excluding carboxylic acids is 2. The molecule has 0 aliphatic carbocycles. The second-order valence-electron chi connectivity index (χ2n) is 8.68. The number of amides is 2. The van der Waals surface area contributed by atoms with Gasteiger partial charge in [0, 0.05) is 46.2 Å². The summed E-state index contributed by atoms with van der Waals surface area (Å²) in [7, 11) is 0. The normalized spacial score (nSPS) is 14.0. The van der Waals surface area contributed by atoms with E-state index in [2.05, 4.69) is 60.4 Å². The standard InChI is InChI=1S/C27H31N3O3/c1-21-8-10-24(11-9-21)19-28(18-23-6-4-3-5-7-23)20-25-12-13-26(33-25)27(32)30-16-14-29(15-17-30)22(2)31/h3-13H,14-20H2,1-2H3. The largest absolute Gasteiger partial charge is 0.455 e. The maximum absolute atomic E-state index is 12.9. The minimum atomic E-state index is -0.113. The fourth-order valence-corrected chi connectivity index (χ4v) is 4.14. The quantitative estimate of drug-likeness (QED) is 0.550. The van der Waals surface area contributed by atoms with Crippen LogP contribution in [0.5, 0.6) is 0 Å². The first-order chi connectivity index (χ1) is 16.0. The first-order valence-corrected chi connectivity index (χ1v) is 11.4. The van der Waals surface area contributed by atoms with Crippen molar-refractivity contribution < 1.29 is 14.0 Å². The van der Waals surface area contributed by atoms with Gasteiger partial charge in [0.2, 0.25) is 5.91 Å². The highest BCUT2D eigenvalue weighted by atomic mass is 16.4. The molecule has 0 saturated carbocycles. The van der Waals surface area contributed by atoms with E-state index in [4.69, 9.17) is 4.42 Å². The Morgan fingerprint density at radius 2 is 1.39 bits per heavy atom. The third-order valence-corrected chi connectivity index (χ3v) is 6.04. The summed E-state index contributed by atoms with van der Waals surface area (Å²) in [5.41, 5.74) is 3.71. The van der Waals surface area contributed by atoms with E-state index in [9.17, 15) is 9.59 Å². The highest BCUT2D eigenvalue weighted by Gasteiger charge is 2.25. The summed E-state index contributed by atoms with van der Waals surface area (Å²) < 4.78 is 5.98. The molecular formula is C27H31N3O3. The fraction of sp³-hybridized carbons (Fsp3) is 0.333. The lowest BCUT2D eigenvalue weighted by atomic mass is 10.1. The lowest BCUT2D eigenvalue weighted by Crippen LogP contribution is -2.50. The monoisotopic (exact) mass is 445 g/mol. The molecule has 0 radical (unpaired) electrons. The van der Waals surface area contributed by atoms with Gasteiger partial charge >= 0.3 is 0 Å². The zero-order valence-corrected chi connectivity index (χ0v) is 19.4. The Kier molecular flexibility index (Phi) is 7.25. The lowest BCUT2D eigenvalue weighted by Gasteiger charge is -2.33. The molecule has 0 bridgehead atoms. The molecule has 0 N–H and O–H groups in total. The van der Waals surface area contributed by atoms with Crippen molar-refractivity contribution in [3.63, 3.8) is 0 Å². The first kappa shape index (κ1) is 22.8. The molecule has 1 aliphatic rings. The van der Waals surface area contributed by atoms with Gasteiger partial charge in [-0.1, -0.05) is 60.2 Å². The van der Waals surface area contributed by atoms with Crippen LogP contribution in [-0.4, -0.2) is 52.7 Å². The van der Waals surface area contributed by atoms with Crippen LogP contribution in [0.2, 0.25) is 0 Å². The first-order valence-electron chi connectivity index (χ1n) is 11.4. The molecule has 2 aromatic carbocycles. The minimum Gasteiger partial charge on any atom is -0.455 e. The molecule has 172 valence electrons. The van der Waals surface area contributed by atoms with Gasteiger partial charge in [-0.3, -0.25) is 14.5 Å². The van der Waals surface area contributed by atoms with Gasteiger partial charge in [-0.05, 0) is 30.2 Å². The molecule has 2 amide bonds. The van der Waals surface area contributed by atoms with E-state index in [-0.39, 0.29) is 11.8 Å². The summed E-state index contributed by atoms with van der Waals surface area (Å²) in [4.78, 5) is 30.3. The van der Waals surface area contributed by atoms with Crippen molar-refractivity contribution in [3.05, 3.63) is 94.9 Å². The molecule has 0 unspecified atom stereocenters. The van der Waals surface area contributed by atoms with Crippen molar-refractivity contribution in [1.29, 1.82) is 0 Å². The van der Waals surface area contributed by atoms with E-state index in [1.54, 1.807) is 22.8 Å². The smallest absolute Gasteiger partial charge is 0.289 e. The number of aryl methyl sites for hydroxylation is 1. The van der Waals surface area contributed by atoms with Gasteiger partial charge in [-0.2, -0.15) is 0 Å². The Labute approximate surface area is 195 Å². The number of hydrogen-bond donors (Lipinski definition) is 0. The Morgan fingerprint density at radius 3 is 2.03 bits per heavy atom. The molecule has 0 spiro atoms. The van der Waals surface area contributed by atoms with E-state index in [1.165, 1.54) is 16.7 Å². The third-order valence-electron chi connectivity index (χ3n) is 6.04. The molecular weight excluding hydrogens is 414 g/mol. The Balaban J connectivity index is 1.43. The number of carbonyl (C=O) groups is 2. The van der Waals surface area contributed by atoms with Gasteiger partial charge in [0.05, 0.1) is 6.54 Å². The second-order valence-corrected chi connectivity index (χ2v) is 8.68. The number of furan rings is 1. The Hall–Kier alpha value is -3.38. The highest BCUT2D eigenvalue weighted by molar-refractivity contribution is 5.91. The summed E-state index contributed by atoms with van der Waals surface area (Å²) in [5.74, 6) is 1.06. The molecule has 1 fully saturated rings. The van der Waals surface area contributed by atoms with Crippen molar-refractivity contribution >= 4 is 11.8 Å². The van der Waals surface area contributed by atoms with Crippen LogP contribution in [0.15, 0.2) is 71.1 Å². The average Bonchev–Trinajstić information content (AvgIpc) is 3.29. The van der Waals surface area contributed by atoms with E-state index >= 15 is 0 Å². The van der Waals surface area contributed by atoms with E-state index < -0.39 is 0 Å². The predicted octanol–water partition coefficient (Wildman–Crippen LogP) is 4.09. The van der Waals surface area contributed by atoms with Crippen LogP contribution in [0.3, 0.4) is 0 Å². The highest BCUT2D eigenvalue weighted by Crippen LogP contribution is 2.18. The minimum absolute atomic E-state index is 0.0504. The Morgan fingerprint density at radius 1 is 0.788 bits per heavy atom. The molecule has 2 heterocycles. The zero-order valence-electron chi connectivity index (χ0n) is 19.4. The van der Waals surface area contributed by atoms with Crippen molar-refractivity contribution in [3.8, 4) is 0 Å². The van der Waals surface area contributed by atoms with Crippen LogP contribution in [-0.2, 0) is 24.4 Å². The summed E-state index contributed by atoms with van der Waals surface area (Å²) in [5, 5.41) is 0. The molecule has 1 aliphatic heterocycles. The molecule has 1 aromatic heterocycles. The number of hydrogen-bond acceptors (Lipinski definition) is 4. The maximum atomic E-state index is 12.9. The molecule has 6 nitrogen and oxygen atoms in total. The van der Waals surface area contributed by atoms with Gasteiger partial charge in [-0.15, -0.1) is 0 Å². The van der Waals surface area contributed by atoms with Crippen molar-refractivity contribution in [2.24, 2.45) is 0 Å². The second kappa shape index (κ2) is 10.5. The Bertz CT molecular complexity index is 1070. The van der Waals surface area contributed by atoms with E-state index in [1.807, 2.05) is 12.1 Å². The maximum Gasteiger partial charge on any atom is 0.289 e. The van der Waals surface area contributed by atoms with Crippen LogP contribution >= 0.6 is 0 Å². The third kappa shape index (κ3) is 6.11. The summed E-state index contributed by atoms with van der Waals surface area (Å²) >= 11 is 0. The number of nitrogens with zero attached hydrogens (tertiary/aromatic N) is 3.